The number of nitrogens with one attached hydrogen (secondary N) is 1. The average molecular weight is 477 g/mol. The summed E-state index contributed by atoms with van der Waals surface area (Å²) < 4.78 is 0. The predicted octanol–water partition coefficient (Wildman–Crippen LogP) is 10.8. The standard InChI is InChI=1S/C31H59NP/c1-4-7-10-13-16-22-27-33(28-23-17-14-11-8-5-2,29-24-18-15-12-9-6-3)32-30-31-25-20-19-21-26-31/h19-21,25-26,32H,4-18,22-24,27-30H2,1-3H3/q+1. The van der Waals surface area contributed by atoms with Gasteiger partial charge in [0, 0.05) is 0 Å². The number of benzene rings is 1. The molecule has 0 radical (unpaired) electrons. The van der Waals surface area contributed by atoms with E-state index in [-0.39, 0.29) is 0 Å². The van der Waals surface area contributed by atoms with Crippen LogP contribution in [-0.4, -0.2) is 18.5 Å². The van der Waals surface area contributed by atoms with Gasteiger partial charge in [-0.2, -0.15) is 5.09 Å². The third-order valence-corrected chi connectivity index (χ3v) is 11.6. The molecule has 33 heavy (non-hydrogen) atoms. The summed E-state index contributed by atoms with van der Waals surface area (Å²) in [5.41, 5.74) is 1.47. The molecule has 1 aromatic carbocycles. The van der Waals surface area contributed by atoms with Gasteiger partial charge in [0.25, 0.3) is 0 Å². The monoisotopic (exact) mass is 476 g/mol. The van der Waals surface area contributed by atoms with E-state index < -0.39 is 7.41 Å². The smallest absolute Gasteiger partial charge is 0.0803 e. The van der Waals surface area contributed by atoms with Crippen molar-refractivity contribution >= 4 is 7.41 Å². The molecule has 0 aromatic heterocycles. The maximum absolute atomic E-state index is 4.27. The van der Waals surface area contributed by atoms with Crippen molar-refractivity contribution in [3.8, 4) is 0 Å². The highest BCUT2D eigenvalue weighted by molar-refractivity contribution is 7.73. The Morgan fingerprint density at radius 1 is 0.485 bits per heavy atom. The lowest BCUT2D eigenvalue weighted by molar-refractivity contribution is 0.613. The zero-order valence-electron chi connectivity index (χ0n) is 22.9. The number of unbranched alkanes of at least 4 members (excludes halogenated alkanes) is 15. The van der Waals surface area contributed by atoms with Crippen molar-refractivity contribution in [2.45, 2.75) is 143 Å². The van der Waals surface area contributed by atoms with E-state index >= 15 is 0 Å². The lowest BCUT2D eigenvalue weighted by Crippen LogP contribution is -2.24. The van der Waals surface area contributed by atoms with Gasteiger partial charge >= 0.3 is 0 Å². The molecule has 1 rings (SSSR count). The second kappa shape index (κ2) is 22.1. The fourth-order valence-electron chi connectivity index (χ4n) is 5.01. The summed E-state index contributed by atoms with van der Waals surface area (Å²) in [5, 5.41) is 4.27. The molecule has 0 spiro atoms. The molecule has 0 fully saturated rings. The lowest BCUT2D eigenvalue weighted by Gasteiger charge is -2.29. The molecule has 0 atom stereocenters. The van der Waals surface area contributed by atoms with Gasteiger partial charge < -0.3 is 0 Å². The van der Waals surface area contributed by atoms with E-state index in [0.29, 0.717) is 0 Å². The topological polar surface area (TPSA) is 12.0 Å². The Kier molecular flexibility index (Phi) is 20.5. The maximum Gasteiger partial charge on any atom is 0.0803 e. The molecule has 2 heteroatoms. The Bertz CT molecular complexity index is 474. The Balaban J connectivity index is 2.68. The van der Waals surface area contributed by atoms with E-state index in [1.807, 2.05) is 0 Å². The molecule has 0 aliphatic rings. The van der Waals surface area contributed by atoms with Crippen LogP contribution in [0.5, 0.6) is 0 Å². The molecule has 0 saturated heterocycles. The Hall–Kier alpha value is -0.390. The number of rotatable bonds is 24. The SMILES string of the molecule is CCCCCCCC[P+](CCCCCCCC)(CCCCCCCC)NCc1ccccc1. The van der Waals surface area contributed by atoms with Gasteiger partial charge in [0.05, 0.1) is 32.4 Å². The molecule has 0 bridgehead atoms. The molecule has 192 valence electrons. The van der Waals surface area contributed by atoms with Gasteiger partial charge in [-0.05, 0) is 44.1 Å². The maximum atomic E-state index is 4.27. The Morgan fingerprint density at radius 2 is 0.848 bits per heavy atom. The van der Waals surface area contributed by atoms with Crippen molar-refractivity contribution in [3.05, 3.63) is 35.9 Å². The molecule has 0 heterocycles. The van der Waals surface area contributed by atoms with Crippen LogP contribution in [0.2, 0.25) is 0 Å². The third-order valence-electron chi connectivity index (χ3n) is 7.28. The Labute approximate surface area is 209 Å². The highest BCUT2D eigenvalue weighted by Crippen LogP contribution is 2.57. The summed E-state index contributed by atoms with van der Waals surface area (Å²) in [6, 6.07) is 11.2. The van der Waals surface area contributed by atoms with Crippen LogP contribution in [0.1, 0.15) is 142 Å². The second-order valence-electron chi connectivity index (χ2n) is 10.4. The number of hydrogen-bond acceptors (Lipinski definition) is 1. The van der Waals surface area contributed by atoms with E-state index in [2.05, 4.69) is 56.2 Å². The molecule has 1 N–H and O–H groups in total. The zero-order chi connectivity index (χ0) is 23.9. The third kappa shape index (κ3) is 16.8. The van der Waals surface area contributed by atoms with E-state index in [1.54, 1.807) is 0 Å². The summed E-state index contributed by atoms with van der Waals surface area (Å²) in [5.74, 6) is 0. The minimum Gasteiger partial charge on any atom is -0.188 e. The van der Waals surface area contributed by atoms with Gasteiger partial charge in [-0.1, -0.05) is 128 Å². The first kappa shape index (κ1) is 30.6. The van der Waals surface area contributed by atoms with Crippen LogP contribution >= 0.6 is 7.41 Å². The van der Waals surface area contributed by atoms with Crippen molar-refractivity contribution in [2.75, 3.05) is 18.5 Å². The van der Waals surface area contributed by atoms with Gasteiger partial charge in [0.1, 0.15) is 0 Å². The van der Waals surface area contributed by atoms with Gasteiger partial charge in [-0.3, -0.25) is 0 Å². The molecule has 1 aromatic rings. The minimum absolute atomic E-state index is 1.08. The van der Waals surface area contributed by atoms with Crippen LogP contribution in [0.15, 0.2) is 30.3 Å². The fraction of sp³-hybridized carbons (Fsp3) is 0.806. The fourth-order valence-corrected chi connectivity index (χ4v) is 9.16. The summed E-state index contributed by atoms with van der Waals surface area (Å²) in [4.78, 5) is 0. The normalized spacial score (nSPS) is 11.8. The van der Waals surface area contributed by atoms with Crippen LogP contribution in [0.25, 0.3) is 0 Å². The number of hydrogen-bond donors (Lipinski definition) is 1. The molecule has 1 nitrogen and oxygen atoms in total. The molecule has 0 amide bonds. The summed E-state index contributed by atoms with van der Waals surface area (Å²) in [7, 11) is -1.08. The molecule has 0 unspecified atom stereocenters. The summed E-state index contributed by atoms with van der Waals surface area (Å²) in [6.45, 7) is 8.05. The molecule has 0 saturated carbocycles. The zero-order valence-corrected chi connectivity index (χ0v) is 23.8. The van der Waals surface area contributed by atoms with Gasteiger partial charge in [0.2, 0.25) is 0 Å². The van der Waals surface area contributed by atoms with Crippen LogP contribution < -0.4 is 5.09 Å². The van der Waals surface area contributed by atoms with Crippen LogP contribution in [0.4, 0.5) is 0 Å². The second-order valence-corrected chi connectivity index (χ2v) is 14.4. The highest BCUT2D eigenvalue weighted by Gasteiger charge is 2.35. The van der Waals surface area contributed by atoms with Crippen LogP contribution in [0, 0.1) is 0 Å². The van der Waals surface area contributed by atoms with Crippen molar-refractivity contribution < 1.29 is 0 Å². The predicted molar refractivity (Wildman–Crippen MR) is 155 cm³/mol. The van der Waals surface area contributed by atoms with Crippen molar-refractivity contribution in [2.24, 2.45) is 0 Å². The quantitative estimate of drug-likeness (QED) is 0.115. The van der Waals surface area contributed by atoms with Crippen molar-refractivity contribution in [3.63, 3.8) is 0 Å². The summed E-state index contributed by atoms with van der Waals surface area (Å²) >= 11 is 0. The van der Waals surface area contributed by atoms with E-state index in [9.17, 15) is 0 Å². The van der Waals surface area contributed by atoms with E-state index in [1.165, 1.54) is 140 Å². The largest absolute Gasteiger partial charge is 0.188 e. The first-order valence-corrected chi connectivity index (χ1v) is 17.3. The lowest BCUT2D eigenvalue weighted by atomic mass is 10.1. The van der Waals surface area contributed by atoms with E-state index in [0.717, 1.165) is 6.54 Å². The van der Waals surface area contributed by atoms with E-state index in [4.69, 9.17) is 0 Å². The highest BCUT2D eigenvalue weighted by atomic mass is 31.2. The minimum atomic E-state index is -1.08. The van der Waals surface area contributed by atoms with Crippen molar-refractivity contribution in [1.82, 2.24) is 5.09 Å². The van der Waals surface area contributed by atoms with Crippen molar-refractivity contribution in [1.29, 1.82) is 0 Å². The van der Waals surface area contributed by atoms with Gasteiger partial charge in [-0.15, -0.1) is 0 Å². The van der Waals surface area contributed by atoms with Crippen LogP contribution in [0.3, 0.4) is 0 Å². The van der Waals surface area contributed by atoms with Gasteiger partial charge in [-0.25, -0.2) is 0 Å². The molecule has 0 aliphatic carbocycles. The van der Waals surface area contributed by atoms with Crippen LogP contribution in [-0.2, 0) is 6.54 Å². The average Bonchev–Trinajstić information content (AvgIpc) is 2.85. The molecular formula is C31H59NP+. The Morgan fingerprint density at radius 3 is 1.24 bits per heavy atom. The first-order chi connectivity index (χ1) is 16.3. The molecule has 0 aliphatic heterocycles. The molecular weight excluding hydrogens is 417 g/mol. The summed E-state index contributed by atoms with van der Waals surface area (Å²) in [6.07, 6.45) is 30.1. The van der Waals surface area contributed by atoms with Gasteiger partial charge in [0.15, 0.2) is 0 Å². The first-order valence-electron chi connectivity index (χ1n) is 14.9.